The topological polar surface area (TPSA) is 68.0 Å². The van der Waals surface area contributed by atoms with Crippen LogP contribution in [0, 0.1) is 13.8 Å². The second kappa shape index (κ2) is 7.06. The van der Waals surface area contributed by atoms with Gasteiger partial charge in [0, 0.05) is 6.20 Å². The molecule has 0 bridgehead atoms. The van der Waals surface area contributed by atoms with Crippen molar-refractivity contribution in [3.63, 3.8) is 0 Å². The molecule has 4 rings (SSSR count). The van der Waals surface area contributed by atoms with Gasteiger partial charge in [-0.05, 0) is 73.9 Å². The molecule has 0 spiro atoms. The molecule has 140 valence electrons. The first-order valence-corrected chi connectivity index (χ1v) is 9.62. The summed E-state index contributed by atoms with van der Waals surface area (Å²) in [6.45, 7) is 4.06. The van der Waals surface area contributed by atoms with Crippen LogP contribution in [0.4, 0.5) is 0 Å². The Morgan fingerprint density at radius 3 is 2.70 bits per heavy atom. The molecule has 6 heteroatoms. The monoisotopic (exact) mass is 383 g/mol. The minimum Gasteiger partial charge on any atom is -0.391 e. The quantitative estimate of drug-likeness (QED) is 0.699. The lowest BCUT2D eigenvalue weighted by Gasteiger charge is -2.19. The van der Waals surface area contributed by atoms with Gasteiger partial charge >= 0.3 is 0 Å². The molecule has 1 aliphatic rings. The molecule has 2 atom stereocenters. The van der Waals surface area contributed by atoms with E-state index in [1.54, 1.807) is 23.2 Å². The van der Waals surface area contributed by atoms with Crippen LogP contribution < -0.4 is 5.56 Å². The van der Waals surface area contributed by atoms with Crippen molar-refractivity contribution in [3.8, 4) is 0 Å². The minimum absolute atomic E-state index is 0.0791. The molecule has 2 heterocycles. The number of benzene rings is 1. The third-order valence-corrected chi connectivity index (χ3v) is 5.96. The second-order valence-electron chi connectivity index (χ2n) is 7.37. The molecule has 0 aliphatic heterocycles. The number of halogens is 1. The number of aryl methyl sites for hydroxylation is 1. The summed E-state index contributed by atoms with van der Waals surface area (Å²) in [5.74, 6) is 0. The molecular weight excluding hydrogens is 362 g/mol. The van der Waals surface area contributed by atoms with Crippen molar-refractivity contribution in [1.29, 1.82) is 0 Å². The van der Waals surface area contributed by atoms with E-state index in [-0.39, 0.29) is 11.6 Å². The Morgan fingerprint density at radius 2 is 2.04 bits per heavy atom. The Hall–Kier alpha value is -2.24. The van der Waals surface area contributed by atoms with Crippen LogP contribution in [0.3, 0.4) is 0 Å². The summed E-state index contributed by atoms with van der Waals surface area (Å²) in [6.07, 6.45) is 6.02. The van der Waals surface area contributed by atoms with Gasteiger partial charge in [0.2, 0.25) is 0 Å². The van der Waals surface area contributed by atoms with E-state index in [0.717, 1.165) is 47.0 Å². The zero-order chi connectivity index (χ0) is 19.1. The molecule has 1 aliphatic carbocycles. The van der Waals surface area contributed by atoms with Crippen molar-refractivity contribution in [2.24, 2.45) is 0 Å². The van der Waals surface area contributed by atoms with Crippen LogP contribution >= 0.6 is 11.6 Å². The summed E-state index contributed by atoms with van der Waals surface area (Å²) in [6, 6.07) is 5.49. The average Bonchev–Trinajstić information content (AvgIpc) is 3.08. The zero-order valence-electron chi connectivity index (χ0n) is 15.4. The van der Waals surface area contributed by atoms with Crippen LogP contribution in [-0.2, 0) is 6.42 Å². The van der Waals surface area contributed by atoms with Crippen LogP contribution in [0.15, 0.2) is 35.5 Å². The van der Waals surface area contributed by atoms with E-state index in [1.807, 2.05) is 19.1 Å². The SMILES string of the molecule is Cc1c(Cc2ccc(Cl)nc2)cc2c(=O)n([C@@H]3CCC[C@H]3O)cnc2c1C. The molecule has 1 aromatic carbocycles. The van der Waals surface area contributed by atoms with Gasteiger partial charge in [-0.3, -0.25) is 9.36 Å². The van der Waals surface area contributed by atoms with E-state index < -0.39 is 6.10 Å². The van der Waals surface area contributed by atoms with Gasteiger partial charge in [-0.15, -0.1) is 0 Å². The summed E-state index contributed by atoms with van der Waals surface area (Å²) in [5.41, 5.74) is 4.91. The minimum atomic E-state index is -0.479. The third-order valence-electron chi connectivity index (χ3n) is 5.73. The standard InChI is InChI=1S/C21H22ClN3O2/c1-12-13(2)20-16(9-15(12)8-14-6-7-19(22)23-10-14)21(27)25(11-24-20)17-4-3-5-18(17)26/h6-7,9-11,17-18,26H,3-5,8H2,1-2H3/t17-,18-/m1/s1. The van der Waals surface area contributed by atoms with Crippen LogP contribution in [-0.4, -0.2) is 25.7 Å². The number of hydrogen-bond acceptors (Lipinski definition) is 4. The summed E-state index contributed by atoms with van der Waals surface area (Å²) in [4.78, 5) is 21.9. The van der Waals surface area contributed by atoms with E-state index in [4.69, 9.17) is 11.6 Å². The Kier molecular flexibility index (Phi) is 4.74. The zero-order valence-corrected chi connectivity index (χ0v) is 16.2. The van der Waals surface area contributed by atoms with E-state index in [9.17, 15) is 9.90 Å². The maximum Gasteiger partial charge on any atom is 0.261 e. The molecule has 27 heavy (non-hydrogen) atoms. The summed E-state index contributed by atoms with van der Waals surface area (Å²) in [7, 11) is 0. The van der Waals surface area contributed by atoms with Gasteiger partial charge in [-0.2, -0.15) is 0 Å². The normalized spacial score (nSPS) is 19.7. The van der Waals surface area contributed by atoms with Crippen LogP contribution in [0.5, 0.6) is 0 Å². The first-order valence-electron chi connectivity index (χ1n) is 9.24. The van der Waals surface area contributed by atoms with Gasteiger partial charge in [0.1, 0.15) is 5.15 Å². The number of aliphatic hydroxyl groups is 1. The van der Waals surface area contributed by atoms with E-state index >= 15 is 0 Å². The van der Waals surface area contributed by atoms with Crippen LogP contribution in [0.25, 0.3) is 10.9 Å². The van der Waals surface area contributed by atoms with Gasteiger partial charge in [0.15, 0.2) is 0 Å². The molecule has 0 amide bonds. The van der Waals surface area contributed by atoms with Crippen molar-refractivity contribution in [3.05, 3.63) is 68.5 Å². The van der Waals surface area contributed by atoms with Crippen LogP contribution in [0.2, 0.25) is 5.15 Å². The molecule has 5 nitrogen and oxygen atoms in total. The lowest BCUT2D eigenvalue weighted by Crippen LogP contribution is -2.29. The number of pyridine rings is 1. The highest BCUT2D eigenvalue weighted by Crippen LogP contribution is 2.30. The lowest BCUT2D eigenvalue weighted by molar-refractivity contribution is 0.134. The molecule has 1 fully saturated rings. The van der Waals surface area contributed by atoms with E-state index in [1.165, 1.54) is 0 Å². The average molecular weight is 384 g/mol. The first-order chi connectivity index (χ1) is 13.0. The van der Waals surface area contributed by atoms with Crippen molar-refractivity contribution < 1.29 is 5.11 Å². The number of aromatic nitrogens is 3. The smallest absolute Gasteiger partial charge is 0.261 e. The molecule has 1 saturated carbocycles. The van der Waals surface area contributed by atoms with Crippen molar-refractivity contribution in [2.75, 3.05) is 0 Å². The predicted octanol–water partition coefficient (Wildman–Crippen LogP) is 3.74. The Morgan fingerprint density at radius 1 is 1.22 bits per heavy atom. The largest absolute Gasteiger partial charge is 0.391 e. The van der Waals surface area contributed by atoms with Gasteiger partial charge in [-0.25, -0.2) is 9.97 Å². The number of aliphatic hydroxyl groups excluding tert-OH is 1. The molecule has 0 radical (unpaired) electrons. The van der Waals surface area contributed by atoms with Gasteiger partial charge in [-0.1, -0.05) is 17.7 Å². The number of rotatable bonds is 3. The predicted molar refractivity (Wildman–Crippen MR) is 106 cm³/mol. The highest BCUT2D eigenvalue weighted by Gasteiger charge is 2.28. The fraction of sp³-hybridized carbons (Fsp3) is 0.381. The van der Waals surface area contributed by atoms with Crippen molar-refractivity contribution >= 4 is 22.5 Å². The first kappa shape index (κ1) is 18.1. The van der Waals surface area contributed by atoms with E-state index in [0.29, 0.717) is 17.0 Å². The van der Waals surface area contributed by atoms with Gasteiger partial charge < -0.3 is 5.11 Å². The maximum absolute atomic E-state index is 13.2. The van der Waals surface area contributed by atoms with Crippen LogP contribution in [0.1, 0.15) is 47.6 Å². The summed E-state index contributed by atoms with van der Waals surface area (Å²) in [5, 5.41) is 11.3. The van der Waals surface area contributed by atoms with Gasteiger partial charge in [0.25, 0.3) is 5.56 Å². The van der Waals surface area contributed by atoms with Crippen molar-refractivity contribution in [2.45, 2.75) is 51.7 Å². The highest BCUT2D eigenvalue weighted by molar-refractivity contribution is 6.29. The van der Waals surface area contributed by atoms with E-state index in [2.05, 4.69) is 16.9 Å². The number of fused-ring (bicyclic) bond motifs is 1. The molecule has 0 saturated heterocycles. The molecule has 2 aromatic heterocycles. The Balaban J connectivity index is 1.83. The number of nitrogens with zero attached hydrogens (tertiary/aromatic N) is 3. The summed E-state index contributed by atoms with van der Waals surface area (Å²) >= 11 is 5.88. The highest BCUT2D eigenvalue weighted by atomic mass is 35.5. The number of hydrogen-bond donors (Lipinski definition) is 1. The molecular formula is C21H22ClN3O2. The Labute approximate surface area is 162 Å². The maximum atomic E-state index is 13.2. The van der Waals surface area contributed by atoms with Gasteiger partial charge in [0.05, 0.1) is 29.4 Å². The Bertz CT molecular complexity index is 1060. The van der Waals surface area contributed by atoms with Crippen molar-refractivity contribution in [1.82, 2.24) is 14.5 Å². The third kappa shape index (κ3) is 3.26. The lowest BCUT2D eigenvalue weighted by atomic mass is 9.95. The fourth-order valence-corrected chi connectivity index (χ4v) is 4.12. The second-order valence-corrected chi connectivity index (χ2v) is 7.76. The molecule has 1 N–H and O–H groups in total. The molecule has 3 aromatic rings. The fourth-order valence-electron chi connectivity index (χ4n) is 4.01. The summed E-state index contributed by atoms with van der Waals surface area (Å²) < 4.78 is 1.61. The molecule has 0 unspecified atom stereocenters.